The smallest absolute Gasteiger partial charge is 0.251 e. The molecular formula is C17H17N7O4S2. The molecule has 2 N–H and O–H groups in total. The summed E-state index contributed by atoms with van der Waals surface area (Å²) < 4.78 is 12.3. The summed E-state index contributed by atoms with van der Waals surface area (Å²) in [5, 5.41) is 23.2. The third-order valence-electron chi connectivity index (χ3n) is 4.07. The molecule has 1 aliphatic rings. The first kappa shape index (κ1) is 20.1. The Balaban J connectivity index is 1.29. The molecule has 1 aliphatic heterocycles. The van der Waals surface area contributed by atoms with E-state index in [-0.39, 0.29) is 30.9 Å². The second kappa shape index (κ2) is 8.67. The van der Waals surface area contributed by atoms with Crippen LogP contribution in [0.15, 0.2) is 23.4 Å². The predicted molar refractivity (Wildman–Crippen MR) is 109 cm³/mol. The highest BCUT2D eigenvalue weighted by molar-refractivity contribution is 7.99. The number of amides is 2. The number of carbonyl (C=O) groups excluding carboxylic acids is 2. The molecule has 4 rings (SSSR count). The number of aromatic nitrogens is 5. The lowest BCUT2D eigenvalue weighted by Gasteiger charge is -2.07. The molecule has 0 saturated carbocycles. The van der Waals surface area contributed by atoms with Crippen LogP contribution in [-0.2, 0) is 18.4 Å². The summed E-state index contributed by atoms with van der Waals surface area (Å²) in [4.78, 5) is 24.4. The number of hydrogen-bond donors (Lipinski definition) is 2. The highest BCUT2D eigenvalue weighted by Crippen LogP contribution is 2.32. The maximum Gasteiger partial charge on any atom is 0.251 e. The fraction of sp³-hybridized carbons (Fsp3) is 0.294. The molecule has 2 aromatic heterocycles. The summed E-state index contributed by atoms with van der Waals surface area (Å²) in [7, 11) is 1.77. The number of nitrogens with zero attached hydrogens (tertiary/aromatic N) is 5. The van der Waals surface area contributed by atoms with Crippen LogP contribution in [0.4, 0.5) is 5.13 Å². The van der Waals surface area contributed by atoms with Crippen LogP contribution in [0, 0.1) is 6.92 Å². The summed E-state index contributed by atoms with van der Waals surface area (Å²) in [6, 6.07) is 5.00. The Kier molecular flexibility index (Phi) is 5.81. The van der Waals surface area contributed by atoms with Crippen molar-refractivity contribution < 1.29 is 19.1 Å². The van der Waals surface area contributed by atoms with Crippen LogP contribution in [0.3, 0.4) is 0 Å². The van der Waals surface area contributed by atoms with E-state index in [4.69, 9.17) is 9.47 Å². The Labute approximate surface area is 179 Å². The Morgan fingerprint density at radius 2 is 2.03 bits per heavy atom. The maximum absolute atomic E-state index is 12.4. The van der Waals surface area contributed by atoms with Gasteiger partial charge in [0.2, 0.25) is 17.8 Å². The van der Waals surface area contributed by atoms with Crippen LogP contribution in [0.2, 0.25) is 0 Å². The summed E-state index contributed by atoms with van der Waals surface area (Å²) in [6.07, 6.45) is 0. The van der Waals surface area contributed by atoms with Gasteiger partial charge in [-0.05, 0) is 25.1 Å². The monoisotopic (exact) mass is 447 g/mol. The van der Waals surface area contributed by atoms with Crippen molar-refractivity contribution in [1.82, 2.24) is 30.3 Å². The van der Waals surface area contributed by atoms with Crippen LogP contribution in [-0.4, -0.2) is 49.3 Å². The van der Waals surface area contributed by atoms with Gasteiger partial charge in [-0.25, -0.2) is 0 Å². The lowest BCUT2D eigenvalue weighted by molar-refractivity contribution is -0.113. The molecule has 3 heterocycles. The number of benzene rings is 1. The molecule has 0 fully saturated rings. The van der Waals surface area contributed by atoms with Crippen LogP contribution < -0.4 is 20.1 Å². The molecule has 0 aliphatic carbocycles. The minimum Gasteiger partial charge on any atom is -0.454 e. The van der Waals surface area contributed by atoms with Crippen LogP contribution in [0.5, 0.6) is 11.5 Å². The number of anilines is 1. The van der Waals surface area contributed by atoms with Gasteiger partial charge < -0.3 is 19.4 Å². The molecule has 30 heavy (non-hydrogen) atoms. The zero-order valence-corrected chi connectivity index (χ0v) is 17.7. The van der Waals surface area contributed by atoms with Crippen LogP contribution in [0.1, 0.15) is 21.2 Å². The first-order valence-electron chi connectivity index (χ1n) is 8.78. The Bertz CT molecular complexity index is 1100. The normalized spacial score (nSPS) is 12.1. The number of fused-ring (bicyclic) bond motifs is 1. The lowest BCUT2D eigenvalue weighted by Crippen LogP contribution is -2.24. The van der Waals surface area contributed by atoms with Gasteiger partial charge in [0.1, 0.15) is 5.01 Å². The molecule has 0 spiro atoms. The lowest BCUT2D eigenvalue weighted by atomic mass is 10.2. The van der Waals surface area contributed by atoms with Crippen molar-refractivity contribution in [1.29, 1.82) is 0 Å². The van der Waals surface area contributed by atoms with Crippen LogP contribution in [0.25, 0.3) is 0 Å². The van der Waals surface area contributed by atoms with Crippen molar-refractivity contribution in [2.24, 2.45) is 7.05 Å². The van der Waals surface area contributed by atoms with Crippen molar-refractivity contribution in [2.75, 3.05) is 17.9 Å². The Morgan fingerprint density at radius 1 is 1.20 bits per heavy atom. The molecule has 0 bridgehead atoms. The predicted octanol–water partition coefficient (Wildman–Crippen LogP) is 1.36. The fourth-order valence-electron chi connectivity index (χ4n) is 2.56. The molecule has 3 aromatic rings. The number of hydrogen-bond acceptors (Lipinski definition) is 10. The number of ether oxygens (including phenoxy) is 2. The largest absolute Gasteiger partial charge is 0.454 e. The van der Waals surface area contributed by atoms with E-state index >= 15 is 0 Å². The molecule has 0 radical (unpaired) electrons. The van der Waals surface area contributed by atoms with E-state index in [2.05, 4.69) is 31.0 Å². The minimum absolute atomic E-state index is 0.147. The topological polar surface area (TPSA) is 133 Å². The van der Waals surface area contributed by atoms with E-state index in [0.29, 0.717) is 33.2 Å². The van der Waals surface area contributed by atoms with E-state index in [9.17, 15) is 9.59 Å². The summed E-state index contributed by atoms with van der Waals surface area (Å²) >= 11 is 2.54. The van der Waals surface area contributed by atoms with Crippen molar-refractivity contribution in [3.8, 4) is 11.5 Å². The van der Waals surface area contributed by atoms with Gasteiger partial charge in [-0.1, -0.05) is 23.1 Å². The van der Waals surface area contributed by atoms with Gasteiger partial charge in [0, 0.05) is 12.6 Å². The highest BCUT2D eigenvalue weighted by Gasteiger charge is 2.17. The Morgan fingerprint density at radius 3 is 2.83 bits per heavy atom. The van der Waals surface area contributed by atoms with E-state index in [1.165, 1.54) is 23.1 Å². The standard InChI is InChI=1S/C17H17N7O4S2/c1-9-20-22-16(30-9)19-14(25)7-29-17-23-21-13(24(17)2)6-18-15(26)10-3-4-11-12(5-10)28-8-27-11/h3-5H,6-8H2,1-2H3,(H,18,26)(H,19,22,25). The second-order valence-corrected chi connectivity index (χ2v) is 8.30. The van der Waals surface area contributed by atoms with E-state index in [1.807, 2.05) is 6.92 Å². The molecule has 0 unspecified atom stereocenters. The average molecular weight is 448 g/mol. The van der Waals surface area contributed by atoms with Gasteiger partial charge >= 0.3 is 0 Å². The first-order valence-corrected chi connectivity index (χ1v) is 10.6. The second-order valence-electron chi connectivity index (χ2n) is 6.17. The summed E-state index contributed by atoms with van der Waals surface area (Å²) in [5.41, 5.74) is 0.458. The fourth-order valence-corrected chi connectivity index (χ4v) is 3.89. The van der Waals surface area contributed by atoms with Gasteiger partial charge in [-0.3, -0.25) is 14.9 Å². The molecule has 13 heteroatoms. The first-order chi connectivity index (χ1) is 14.5. The van der Waals surface area contributed by atoms with Crippen molar-refractivity contribution >= 4 is 40.0 Å². The SMILES string of the molecule is Cc1nnc(NC(=O)CSc2nnc(CNC(=O)c3ccc4c(c3)OCO4)n2C)s1. The summed E-state index contributed by atoms with van der Waals surface area (Å²) in [6.45, 7) is 2.15. The zero-order chi connectivity index (χ0) is 21.1. The highest BCUT2D eigenvalue weighted by atomic mass is 32.2. The third kappa shape index (κ3) is 4.52. The quantitative estimate of drug-likeness (QED) is 0.515. The maximum atomic E-state index is 12.4. The van der Waals surface area contributed by atoms with Crippen molar-refractivity contribution in [3.63, 3.8) is 0 Å². The van der Waals surface area contributed by atoms with Crippen molar-refractivity contribution in [3.05, 3.63) is 34.6 Å². The third-order valence-corrected chi connectivity index (χ3v) is 5.85. The van der Waals surface area contributed by atoms with Gasteiger partial charge in [0.15, 0.2) is 22.5 Å². The number of thioether (sulfide) groups is 1. The number of carbonyl (C=O) groups is 2. The number of rotatable bonds is 7. The molecule has 156 valence electrons. The zero-order valence-electron chi connectivity index (χ0n) is 16.0. The molecular weight excluding hydrogens is 430 g/mol. The van der Waals surface area contributed by atoms with Crippen LogP contribution >= 0.6 is 23.1 Å². The molecule has 0 saturated heterocycles. The van der Waals surface area contributed by atoms with Crippen molar-refractivity contribution in [2.45, 2.75) is 18.6 Å². The van der Waals surface area contributed by atoms with Gasteiger partial charge in [0.05, 0.1) is 12.3 Å². The number of aryl methyl sites for hydroxylation is 1. The van der Waals surface area contributed by atoms with E-state index in [1.54, 1.807) is 29.8 Å². The minimum atomic E-state index is -0.266. The Hall–Kier alpha value is -3.19. The van der Waals surface area contributed by atoms with E-state index in [0.717, 1.165) is 5.01 Å². The molecule has 0 atom stereocenters. The average Bonchev–Trinajstić information content (AvgIpc) is 3.44. The molecule has 1 aromatic carbocycles. The summed E-state index contributed by atoms with van der Waals surface area (Å²) in [5.74, 6) is 1.39. The molecule has 11 nitrogen and oxygen atoms in total. The van der Waals surface area contributed by atoms with Gasteiger partial charge in [0.25, 0.3) is 5.91 Å². The van der Waals surface area contributed by atoms with Gasteiger partial charge in [-0.15, -0.1) is 20.4 Å². The van der Waals surface area contributed by atoms with Gasteiger partial charge in [-0.2, -0.15) is 0 Å². The molecule has 2 amide bonds. The number of nitrogens with one attached hydrogen (secondary N) is 2. The van der Waals surface area contributed by atoms with E-state index < -0.39 is 0 Å².